The Morgan fingerprint density at radius 2 is 2.10 bits per heavy atom. The summed E-state index contributed by atoms with van der Waals surface area (Å²) in [5, 5.41) is 3.21. The minimum absolute atomic E-state index is 0.00288. The zero-order valence-electron chi connectivity index (χ0n) is 13.5. The van der Waals surface area contributed by atoms with Crippen LogP contribution in [0.1, 0.15) is 47.0 Å². The molecule has 0 aromatic heterocycles. The Morgan fingerprint density at radius 1 is 1.45 bits per heavy atom. The minimum atomic E-state index is -0.00288. The molecule has 0 aliphatic carbocycles. The second-order valence-electron chi connectivity index (χ2n) is 6.31. The van der Waals surface area contributed by atoms with E-state index in [0.29, 0.717) is 23.8 Å². The molecule has 0 saturated carbocycles. The Hall–Kier alpha value is -1.10. The van der Waals surface area contributed by atoms with Crippen molar-refractivity contribution in [1.29, 1.82) is 0 Å². The van der Waals surface area contributed by atoms with Crippen molar-refractivity contribution in [3.05, 3.63) is 0 Å². The number of hydrogen-bond donors (Lipinski definition) is 2. The molecule has 5 nitrogen and oxygen atoms in total. The van der Waals surface area contributed by atoms with E-state index in [9.17, 15) is 4.79 Å². The summed E-state index contributed by atoms with van der Waals surface area (Å²) in [4.78, 5) is 18.7. The van der Waals surface area contributed by atoms with Crippen LogP contribution in [0.3, 0.4) is 0 Å². The topological polar surface area (TPSA) is 70.7 Å². The largest absolute Gasteiger partial charge is 0.370 e. The van der Waals surface area contributed by atoms with Gasteiger partial charge in [0.05, 0.1) is 6.04 Å². The van der Waals surface area contributed by atoms with Crippen molar-refractivity contribution in [3.63, 3.8) is 0 Å². The van der Waals surface area contributed by atoms with Crippen molar-refractivity contribution >= 4 is 11.7 Å². The Labute approximate surface area is 123 Å². The van der Waals surface area contributed by atoms with Gasteiger partial charge in [-0.1, -0.05) is 13.8 Å². The molecular formula is C15H30N4O. The van der Waals surface area contributed by atoms with E-state index in [-0.39, 0.29) is 12.0 Å². The van der Waals surface area contributed by atoms with E-state index < -0.39 is 0 Å². The first-order valence-electron chi connectivity index (χ1n) is 7.65. The first kappa shape index (κ1) is 17.0. The molecule has 116 valence electrons. The number of aliphatic imine (C=N–C) groups is 1. The van der Waals surface area contributed by atoms with Gasteiger partial charge in [0, 0.05) is 24.5 Å². The van der Waals surface area contributed by atoms with Gasteiger partial charge in [0.15, 0.2) is 11.7 Å². The van der Waals surface area contributed by atoms with Gasteiger partial charge in [0.25, 0.3) is 0 Å². The highest BCUT2D eigenvalue weighted by atomic mass is 16.1. The molecule has 3 N–H and O–H groups in total. The number of likely N-dealkylation sites (N-methyl/N-ethyl adjacent to an activating group) is 1. The lowest BCUT2D eigenvalue weighted by atomic mass is 9.93. The van der Waals surface area contributed by atoms with Gasteiger partial charge >= 0.3 is 0 Å². The summed E-state index contributed by atoms with van der Waals surface area (Å²) in [5.41, 5.74) is 5.71. The molecule has 1 rings (SSSR count). The Kier molecular flexibility index (Phi) is 6.46. The monoisotopic (exact) mass is 282 g/mol. The summed E-state index contributed by atoms with van der Waals surface area (Å²) in [6, 6.07) is 0.709. The van der Waals surface area contributed by atoms with E-state index in [1.807, 2.05) is 20.9 Å². The number of nitrogens with two attached hydrogens (primary N) is 1. The lowest BCUT2D eigenvalue weighted by Crippen LogP contribution is -2.47. The zero-order chi connectivity index (χ0) is 15.3. The molecule has 5 heteroatoms. The molecule has 1 unspecified atom stereocenters. The molecule has 0 aromatic carbocycles. The summed E-state index contributed by atoms with van der Waals surface area (Å²) in [5.74, 6) is 0.941. The molecule has 0 saturated heterocycles. The molecule has 0 amide bonds. The van der Waals surface area contributed by atoms with Crippen molar-refractivity contribution in [2.24, 2.45) is 16.6 Å². The third kappa shape index (κ3) is 4.78. The number of guanidine groups is 1. The molecule has 0 fully saturated rings. The van der Waals surface area contributed by atoms with Gasteiger partial charge in [-0.3, -0.25) is 14.7 Å². The molecule has 0 radical (unpaired) electrons. The van der Waals surface area contributed by atoms with E-state index >= 15 is 0 Å². The van der Waals surface area contributed by atoms with Crippen LogP contribution in [-0.4, -0.2) is 48.4 Å². The number of Topliss-reactive ketones (excluding diaryl/α,β-unsaturated/α-hetero) is 1. The highest BCUT2D eigenvalue weighted by Gasteiger charge is 2.27. The smallest absolute Gasteiger partial charge is 0.188 e. The van der Waals surface area contributed by atoms with E-state index in [4.69, 9.17) is 5.73 Å². The van der Waals surface area contributed by atoms with E-state index in [2.05, 4.69) is 29.1 Å². The van der Waals surface area contributed by atoms with E-state index in [1.165, 1.54) is 0 Å². The van der Waals surface area contributed by atoms with Crippen LogP contribution in [-0.2, 0) is 4.79 Å². The van der Waals surface area contributed by atoms with Gasteiger partial charge in [-0.25, -0.2) is 0 Å². The fraction of sp³-hybridized carbons (Fsp3) is 0.867. The second kappa shape index (κ2) is 7.62. The number of nitrogens with one attached hydrogen (secondary N) is 1. The fourth-order valence-corrected chi connectivity index (χ4v) is 2.53. The van der Waals surface area contributed by atoms with Gasteiger partial charge in [0.2, 0.25) is 0 Å². The predicted octanol–water partition coefficient (Wildman–Crippen LogP) is 1.38. The number of rotatable bonds is 7. The van der Waals surface area contributed by atoms with Crippen LogP contribution in [0.4, 0.5) is 0 Å². The van der Waals surface area contributed by atoms with Gasteiger partial charge in [-0.15, -0.1) is 0 Å². The van der Waals surface area contributed by atoms with Gasteiger partial charge in [0.1, 0.15) is 0 Å². The number of hydrogen-bond acceptors (Lipinski definition) is 5. The summed E-state index contributed by atoms with van der Waals surface area (Å²) in [6.45, 7) is 9.00. The minimum Gasteiger partial charge on any atom is -0.370 e. The zero-order valence-corrected chi connectivity index (χ0v) is 13.5. The number of carbonyl (C=O) groups is 1. The van der Waals surface area contributed by atoms with Crippen molar-refractivity contribution in [1.82, 2.24) is 10.2 Å². The lowest BCUT2D eigenvalue weighted by Gasteiger charge is -2.33. The molecule has 2 atom stereocenters. The molecular weight excluding hydrogens is 252 g/mol. The van der Waals surface area contributed by atoms with Crippen molar-refractivity contribution in [2.45, 2.75) is 65.1 Å². The predicted molar refractivity (Wildman–Crippen MR) is 83.8 cm³/mol. The maximum atomic E-state index is 12.4. The lowest BCUT2D eigenvalue weighted by molar-refractivity contribution is -0.127. The standard InChI is InChI=1S/C15H30N4O/c1-10(2)14(20)13(19(5)11(3)4)7-6-12-8-9-17-15(16)18-12/h10-13H,6-9H2,1-5H3,(H3,16,17,18)/t12?,13-/m0/s1. The number of ketones is 1. The third-order valence-corrected chi connectivity index (χ3v) is 4.10. The maximum Gasteiger partial charge on any atom is 0.188 e. The van der Waals surface area contributed by atoms with Crippen LogP contribution < -0.4 is 11.1 Å². The average Bonchev–Trinajstić information content (AvgIpc) is 2.38. The van der Waals surface area contributed by atoms with Crippen LogP contribution in [0.15, 0.2) is 4.99 Å². The highest BCUT2D eigenvalue weighted by molar-refractivity contribution is 5.85. The van der Waals surface area contributed by atoms with Crippen molar-refractivity contribution in [2.75, 3.05) is 13.6 Å². The van der Waals surface area contributed by atoms with Crippen LogP contribution in [0.2, 0.25) is 0 Å². The van der Waals surface area contributed by atoms with E-state index in [1.54, 1.807) is 0 Å². The Bertz CT molecular complexity index is 352. The Balaban J connectivity index is 2.61. The highest BCUT2D eigenvalue weighted by Crippen LogP contribution is 2.17. The first-order chi connectivity index (χ1) is 9.32. The van der Waals surface area contributed by atoms with Crippen molar-refractivity contribution < 1.29 is 4.79 Å². The number of nitrogens with zero attached hydrogens (tertiary/aromatic N) is 2. The number of carbonyl (C=O) groups excluding carboxylic acids is 1. The average molecular weight is 282 g/mol. The molecule has 1 aliphatic rings. The first-order valence-corrected chi connectivity index (χ1v) is 7.65. The molecule has 0 aromatic rings. The van der Waals surface area contributed by atoms with Gasteiger partial charge in [-0.2, -0.15) is 0 Å². The molecule has 0 spiro atoms. The fourth-order valence-electron chi connectivity index (χ4n) is 2.53. The van der Waals surface area contributed by atoms with Crippen molar-refractivity contribution in [3.8, 4) is 0 Å². The molecule has 1 aliphatic heterocycles. The summed E-state index contributed by atoms with van der Waals surface area (Å²) >= 11 is 0. The Morgan fingerprint density at radius 3 is 2.60 bits per heavy atom. The molecule has 20 heavy (non-hydrogen) atoms. The molecule has 1 heterocycles. The SMILES string of the molecule is CC(C)C(=O)[C@H](CCC1CCN=C(N)N1)N(C)C(C)C. The van der Waals surface area contributed by atoms with Crippen LogP contribution in [0.5, 0.6) is 0 Å². The van der Waals surface area contributed by atoms with Crippen LogP contribution in [0.25, 0.3) is 0 Å². The van der Waals surface area contributed by atoms with Crippen LogP contribution >= 0.6 is 0 Å². The second-order valence-corrected chi connectivity index (χ2v) is 6.31. The summed E-state index contributed by atoms with van der Waals surface area (Å²) in [6.07, 6.45) is 2.82. The normalized spacial score (nSPS) is 21.0. The van der Waals surface area contributed by atoms with E-state index in [0.717, 1.165) is 25.8 Å². The summed E-state index contributed by atoms with van der Waals surface area (Å²) < 4.78 is 0. The quantitative estimate of drug-likeness (QED) is 0.740. The third-order valence-electron chi connectivity index (χ3n) is 4.10. The summed E-state index contributed by atoms with van der Waals surface area (Å²) in [7, 11) is 2.04. The van der Waals surface area contributed by atoms with Gasteiger partial charge in [-0.05, 0) is 40.2 Å². The van der Waals surface area contributed by atoms with Gasteiger partial charge < -0.3 is 11.1 Å². The molecule has 0 bridgehead atoms. The van der Waals surface area contributed by atoms with Crippen LogP contribution in [0, 0.1) is 5.92 Å². The maximum absolute atomic E-state index is 12.4.